The van der Waals surface area contributed by atoms with E-state index < -0.39 is 0 Å². The Labute approximate surface area is 123 Å². The molecule has 0 amide bonds. The molecule has 0 spiro atoms. The van der Waals surface area contributed by atoms with Crippen LogP contribution in [-0.4, -0.2) is 29.6 Å². The zero-order chi connectivity index (χ0) is 14.8. The number of hydrogen-bond donors (Lipinski definition) is 2. The van der Waals surface area contributed by atoms with Crippen LogP contribution in [0.5, 0.6) is 5.75 Å². The second-order valence-electron chi connectivity index (χ2n) is 5.75. The van der Waals surface area contributed by atoms with E-state index in [4.69, 9.17) is 10.2 Å². The summed E-state index contributed by atoms with van der Waals surface area (Å²) in [5.41, 5.74) is 6.77. The van der Waals surface area contributed by atoms with Gasteiger partial charge >= 0.3 is 5.63 Å². The molecular weight excluding hydrogens is 268 g/mol. The molecular formula is C16H20N2O3. The number of fused-ring (bicyclic) bond motifs is 1. The van der Waals surface area contributed by atoms with Gasteiger partial charge in [-0.15, -0.1) is 0 Å². The third-order valence-electron chi connectivity index (χ3n) is 4.14. The maximum atomic E-state index is 11.7. The molecule has 0 aliphatic carbocycles. The van der Waals surface area contributed by atoms with Crippen LogP contribution in [0.2, 0.25) is 0 Å². The van der Waals surface area contributed by atoms with Gasteiger partial charge in [0.15, 0.2) is 0 Å². The molecule has 21 heavy (non-hydrogen) atoms. The maximum Gasteiger partial charge on any atom is 0.336 e. The number of rotatable bonds is 3. The van der Waals surface area contributed by atoms with Crippen molar-refractivity contribution >= 4 is 11.0 Å². The van der Waals surface area contributed by atoms with Gasteiger partial charge in [0.25, 0.3) is 0 Å². The molecule has 3 rings (SSSR count). The number of likely N-dealkylation sites (tertiary alicyclic amines) is 1. The third-order valence-corrected chi connectivity index (χ3v) is 4.14. The summed E-state index contributed by atoms with van der Waals surface area (Å²) in [5, 5.41) is 10.4. The Morgan fingerprint density at radius 1 is 1.38 bits per heavy atom. The highest BCUT2D eigenvalue weighted by Crippen LogP contribution is 2.24. The molecule has 1 aromatic carbocycles. The molecule has 0 radical (unpaired) electrons. The van der Waals surface area contributed by atoms with Crippen molar-refractivity contribution < 1.29 is 9.52 Å². The van der Waals surface area contributed by atoms with Crippen LogP contribution in [0.15, 0.2) is 33.5 Å². The summed E-state index contributed by atoms with van der Waals surface area (Å²) in [5.74, 6) is 0.637. The van der Waals surface area contributed by atoms with Gasteiger partial charge in [-0.3, -0.25) is 4.90 Å². The van der Waals surface area contributed by atoms with Crippen molar-refractivity contribution in [3.63, 3.8) is 0 Å². The molecule has 2 aromatic rings. The fraction of sp³-hybridized carbons (Fsp3) is 0.438. The number of aromatic hydroxyl groups is 1. The van der Waals surface area contributed by atoms with Gasteiger partial charge in [0, 0.05) is 30.6 Å². The molecule has 2 heterocycles. The second kappa shape index (κ2) is 5.87. The van der Waals surface area contributed by atoms with E-state index in [2.05, 4.69) is 4.90 Å². The number of benzene rings is 1. The molecule has 0 bridgehead atoms. The van der Waals surface area contributed by atoms with Crippen LogP contribution in [0.4, 0.5) is 0 Å². The van der Waals surface area contributed by atoms with Crippen molar-refractivity contribution in [2.45, 2.75) is 19.4 Å². The average molecular weight is 288 g/mol. The second-order valence-corrected chi connectivity index (χ2v) is 5.75. The van der Waals surface area contributed by atoms with Crippen LogP contribution in [-0.2, 0) is 6.54 Å². The Kier molecular flexibility index (Phi) is 3.94. The minimum absolute atomic E-state index is 0.101. The molecule has 1 aromatic heterocycles. The van der Waals surface area contributed by atoms with Gasteiger partial charge in [0.1, 0.15) is 11.3 Å². The molecule has 1 aliphatic heterocycles. The lowest BCUT2D eigenvalue weighted by atomic mass is 9.97. The largest absolute Gasteiger partial charge is 0.508 e. The molecule has 1 saturated heterocycles. The predicted molar refractivity (Wildman–Crippen MR) is 81.2 cm³/mol. The van der Waals surface area contributed by atoms with Crippen LogP contribution in [0, 0.1) is 5.92 Å². The smallest absolute Gasteiger partial charge is 0.336 e. The first-order valence-electron chi connectivity index (χ1n) is 7.34. The Morgan fingerprint density at radius 3 is 3.05 bits per heavy atom. The normalized spacial score (nSPS) is 20.0. The topological polar surface area (TPSA) is 79.7 Å². The number of nitrogens with two attached hydrogens (primary N) is 1. The van der Waals surface area contributed by atoms with E-state index in [0.717, 1.165) is 30.5 Å². The third kappa shape index (κ3) is 3.09. The first kappa shape index (κ1) is 14.1. The van der Waals surface area contributed by atoms with E-state index in [0.29, 0.717) is 24.6 Å². The fourth-order valence-electron chi connectivity index (χ4n) is 3.08. The lowest BCUT2D eigenvalue weighted by Crippen LogP contribution is -2.38. The van der Waals surface area contributed by atoms with Crippen LogP contribution < -0.4 is 11.4 Å². The SMILES string of the molecule is NCC1CCCN(Cc2cc(=O)oc3cc(O)ccc23)C1. The lowest BCUT2D eigenvalue weighted by Gasteiger charge is -2.32. The van der Waals surface area contributed by atoms with Gasteiger partial charge < -0.3 is 15.3 Å². The minimum Gasteiger partial charge on any atom is -0.508 e. The first-order valence-corrected chi connectivity index (χ1v) is 7.34. The zero-order valence-corrected chi connectivity index (χ0v) is 11.9. The highest BCUT2D eigenvalue weighted by molar-refractivity contribution is 5.81. The standard InChI is InChI=1S/C16H20N2O3/c17-8-11-2-1-5-18(9-11)10-12-6-16(20)21-15-7-13(19)3-4-14(12)15/h3-4,6-7,11,19H,1-2,5,8-10,17H2. The quantitative estimate of drug-likeness (QED) is 0.840. The Balaban J connectivity index is 1.91. The number of nitrogens with zero attached hydrogens (tertiary/aromatic N) is 1. The summed E-state index contributed by atoms with van der Waals surface area (Å²) in [7, 11) is 0. The highest BCUT2D eigenvalue weighted by atomic mass is 16.4. The molecule has 0 saturated carbocycles. The Morgan fingerprint density at radius 2 is 2.24 bits per heavy atom. The zero-order valence-electron chi connectivity index (χ0n) is 11.9. The van der Waals surface area contributed by atoms with E-state index in [1.165, 1.54) is 12.5 Å². The Hall–Kier alpha value is -1.85. The van der Waals surface area contributed by atoms with Gasteiger partial charge in [-0.1, -0.05) is 0 Å². The van der Waals surface area contributed by atoms with E-state index >= 15 is 0 Å². The summed E-state index contributed by atoms with van der Waals surface area (Å²) in [4.78, 5) is 14.0. The van der Waals surface area contributed by atoms with Gasteiger partial charge in [-0.05, 0) is 49.5 Å². The molecule has 112 valence electrons. The average Bonchev–Trinajstić information content (AvgIpc) is 2.46. The molecule has 1 aliphatic rings. The molecule has 3 N–H and O–H groups in total. The maximum absolute atomic E-state index is 11.7. The van der Waals surface area contributed by atoms with Crippen LogP contribution in [0.3, 0.4) is 0 Å². The van der Waals surface area contributed by atoms with Crippen molar-refractivity contribution in [2.24, 2.45) is 11.7 Å². The summed E-state index contributed by atoms with van der Waals surface area (Å²) in [6.07, 6.45) is 2.32. The van der Waals surface area contributed by atoms with E-state index in [1.807, 2.05) is 0 Å². The summed E-state index contributed by atoms with van der Waals surface area (Å²) < 4.78 is 5.16. The molecule has 1 fully saturated rings. The van der Waals surface area contributed by atoms with Crippen LogP contribution >= 0.6 is 0 Å². The fourth-order valence-corrected chi connectivity index (χ4v) is 3.08. The Bertz CT molecular complexity index is 695. The van der Waals surface area contributed by atoms with Crippen molar-refractivity contribution in [1.29, 1.82) is 0 Å². The first-order chi connectivity index (χ1) is 10.2. The van der Waals surface area contributed by atoms with Crippen molar-refractivity contribution in [3.8, 4) is 5.75 Å². The van der Waals surface area contributed by atoms with Gasteiger partial charge in [0.05, 0.1) is 0 Å². The van der Waals surface area contributed by atoms with Crippen molar-refractivity contribution in [2.75, 3.05) is 19.6 Å². The van der Waals surface area contributed by atoms with E-state index in [1.54, 1.807) is 18.2 Å². The monoisotopic (exact) mass is 288 g/mol. The summed E-state index contributed by atoms with van der Waals surface area (Å²) in [6.45, 7) is 3.41. The van der Waals surface area contributed by atoms with Gasteiger partial charge in [-0.2, -0.15) is 0 Å². The van der Waals surface area contributed by atoms with E-state index in [-0.39, 0.29) is 11.4 Å². The minimum atomic E-state index is -0.379. The van der Waals surface area contributed by atoms with Gasteiger partial charge in [0.2, 0.25) is 0 Å². The van der Waals surface area contributed by atoms with Crippen LogP contribution in [0.1, 0.15) is 18.4 Å². The predicted octanol–water partition coefficient (Wildman–Crippen LogP) is 1.67. The van der Waals surface area contributed by atoms with E-state index in [9.17, 15) is 9.90 Å². The van der Waals surface area contributed by atoms with Gasteiger partial charge in [-0.25, -0.2) is 4.79 Å². The molecule has 1 unspecified atom stereocenters. The number of phenolic OH excluding ortho intramolecular Hbond substituents is 1. The lowest BCUT2D eigenvalue weighted by molar-refractivity contribution is 0.171. The molecule has 5 heteroatoms. The van der Waals surface area contributed by atoms with Crippen molar-refractivity contribution in [1.82, 2.24) is 4.90 Å². The summed E-state index contributed by atoms with van der Waals surface area (Å²) in [6, 6.07) is 6.45. The molecule has 1 atom stereocenters. The number of hydrogen-bond acceptors (Lipinski definition) is 5. The molecule has 5 nitrogen and oxygen atoms in total. The summed E-state index contributed by atoms with van der Waals surface area (Å²) >= 11 is 0. The number of piperidine rings is 1. The number of phenols is 1. The van der Waals surface area contributed by atoms with Crippen LogP contribution in [0.25, 0.3) is 11.0 Å². The highest BCUT2D eigenvalue weighted by Gasteiger charge is 2.19. The van der Waals surface area contributed by atoms with Crippen molar-refractivity contribution in [3.05, 3.63) is 40.2 Å².